The van der Waals surface area contributed by atoms with E-state index < -0.39 is 0 Å². The van der Waals surface area contributed by atoms with Gasteiger partial charge in [0.1, 0.15) is 5.75 Å². The highest BCUT2D eigenvalue weighted by Gasteiger charge is 2.19. The van der Waals surface area contributed by atoms with Crippen molar-refractivity contribution in [2.45, 2.75) is 52.2 Å². The minimum absolute atomic E-state index is 0.512. The summed E-state index contributed by atoms with van der Waals surface area (Å²) in [7, 11) is 3.91. The minimum atomic E-state index is 0.512. The Kier molecular flexibility index (Phi) is 7.63. The summed E-state index contributed by atoms with van der Waals surface area (Å²) < 4.78 is 5.29. The summed E-state index contributed by atoms with van der Waals surface area (Å²) in [6, 6.07) is 9.38. The molecule has 0 saturated heterocycles. The summed E-state index contributed by atoms with van der Waals surface area (Å²) in [6.07, 6.45) is 2.34. The van der Waals surface area contributed by atoms with Crippen molar-refractivity contribution in [2.24, 2.45) is 0 Å². The Labute approximate surface area is 124 Å². The number of methoxy groups -OCH3 is 1. The van der Waals surface area contributed by atoms with Crippen molar-refractivity contribution in [3.8, 4) is 5.75 Å². The van der Waals surface area contributed by atoms with E-state index in [1.807, 2.05) is 6.07 Å². The van der Waals surface area contributed by atoms with Crippen LogP contribution in [-0.4, -0.2) is 37.7 Å². The fourth-order valence-electron chi connectivity index (χ4n) is 2.50. The molecule has 0 amide bonds. The van der Waals surface area contributed by atoms with Crippen LogP contribution in [0.3, 0.4) is 0 Å². The molecule has 0 aromatic heterocycles. The molecule has 1 aromatic carbocycles. The minimum Gasteiger partial charge on any atom is -0.497 e. The lowest BCUT2D eigenvalue weighted by Gasteiger charge is -2.32. The Morgan fingerprint density at radius 2 is 2.05 bits per heavy atom. The van der Waals surface area contributed by atoms with Crippen LogP contribution < -0.4 is 10.1 Å². The van der Waals surface area contributed by atoms with Crippen molar-refractivity contribution in [3.05, 3.63) is 29.8 Å². The predicted octanol–water partition coefficient (Wildman–Crippen LogP) is 3.29. The van der Waals surface area contributed by atoms with E-state index in [2.05, 4.69) is 56.2 Å². The molecule has 20 heavy (non-hydrogen) atoms. The van der Waals surface area contributed by atoms with Crippen LogP contribution >= 0.6 is 0 Å². The molecule has 0 aliphatic carbocycles. The third-order valence-corrected chi connectivity index (χ3v) is 3.94. The number of rotatable bonds is 9. The van der Waals surface area contributed by atoms with Gasteiger partial charge in [0.25, 0.3) is 0 Å². The molecular weight excluding hydrogens is 248 g/mol. The number of nitrogens with zero attached hydrogens (tertiary/aromatic N) is 1. The SMILES string of the molecule is CCCNC(CC)C(C)N(C)Cc1cccc(OC)c1. The molecule has 1 N–H and O–H groups in total. The van der Waals surface area contributed by atoms with Gasteiger partial charge < -0.3 is 10.1 Å². The van der Waals surface area contributed by atoms with Gasteiger partial charge >= 0.3 is 0 Å². The third-order valence-electron chi connectivity index (χ3n) is 3.94. The zero-order valence-electron chi connectivity index (χ0n) is 13.6. The first-order valence-electron chi connectivity index (χ1n) is 7.68. The summed E-state index contributed by atoms with van der Waals surface area (Å²) in [4.78, 5) is 2.41. The molecule has 1 rings (SSSR count). The van der Waals surface area contributed by atoms with Crippen LogP contribution in [0.2, 0.25) is 0 Å². The highest BCUT2D eigenvalue weighted by molar-refractivity contribution is 5.28. The smallest absolute Gasteiger partial charge is 0.119 e. The molecule has 0 radical (unpaired) electrons. The van der Waals surface area contributed by atoms with Crippen molar-refractivity contribution < 1.29 is 4.74 Å². The molecule has 114 valence electrons. The lowest BCUT2D eigenvalue weighted by Crippen LogP contribution is -2.46. The van der Waals surface area contributed by atoms with E-state index in [4.69, 9.17) is 4.74 Å². The number of hydrogen-bond donors (Lipinski definition) is 1. The Morgan fingerprint density at radius 1 is 1.30 bits per heavy atom. The molecule has 3 heteroatoms. The number of nitrogens with one attached hydrogen (secondary N) is 1. The normalized spacial score (nSPS) is 14.3. The van der Waals surface area contributed by atoms with Crippen LogP contribution in [0.4, 0.5) is 0 Å². The standard InChI is InChI=1S/C17H30N2O/c1-6-11-18-17(7-2)14(3)19(4)13-15-9-8-10-16(12-15)20-5/h8-10,12,14,17-18H,6-7,11,13H2,1-5H3. The van der Waals surface area contributed by atoms with Crippen LogP contribution in [0.15, 0.2) is 24.3 Å². The molecule has 0 fully saturated rings. The van der Waals surface area contributed by atoms with Crippen molar-refractivity contribution in [2.75, 3.05) is 20.7 Å². The molecule has 2 unspecified atom stereocenters. The summed E-state index contributed by atoms with van der Waals surface area (Å²) in [6.45, 7) is 8.81. The van der Waals surface area contributed by atoms with Gasteiger partial charge in [-0.3, -0.25) is 4.90 Å². The Bertz CT molecular complexity index is 381. The number of benzene rings is 1. The van der Waals surface area contributed by atoms with Crippen molar-refractivity contribution in [1.82, 2.24) is 10.2 Å². The molecule has 0 bridgehead atoms. The maximum absolute atomic E-state index is 5.29. The molecule has 0 aliphatic heterocycles. The molecule has 3 nitrogen and oxygen atoms in total. The molecule has 2 atom stereocenters. The molecule has 0 saturated carbocycles. The van der Waals surface area contributed by atoms with Crippen molar-refractivity contribution >= 4 is 0 Å². The van der Waals surface area contributed by atoms with Crippen LogP contribution in [0.5, 0.6) is 5.75 Å². The van der Waals surface area contributed by atoms with Gasteiger partial charge in [-0.05, 0) is 51.1 Å². The van der Waals surface area contributed by atoms with Gasteiger partial charge in [0.05, 0.1) is 7.11 Å². The topological polar surface area (TPSA) is 24.5 Å². The molecule has 0 spiro atoms. The van der Waals surface area contributed by atoms with E-state index in [0.717, 1.165) is 25.3 Å². The van der Waals surface area contributed by atoms with E-state index in [1.165, 1.54) is 12.0 Å². The highest BCUT2D eigenvalue weighted by atomic mass is 16.5. The lowest BCUT2D eigenvalue weighted by molar-refractivity contribution is 0.195. The average Bonchev–Trinajstić information content (AvgIpc) is 2.47. The Morgan fingerprint density at radius 3 is 2.65 bits per heavy atom. The second-order valence-corrected chi connectivity index (χ2v) is 5.48. The second kappa shape index (κ2) is 8.98. The van der Waals surface area contributed by atoms with Gasteiger partial charge in [0, 0.05) is 18.6 Å². The molecule has 0 aliphatic rings. The van der Waals surface area contributed by atoms with Gasteiger partial charge in [0.15, 0.2) is 0 Å². The van der Waals surface area contributed by atoms with Crippen LogP contribution in [0.1, 0.15) is 39.2 Å². The summed E-state index contributed by atoms with van der Waals surface area (Å²) >= 11 is 0. The maximum Gasteiger partial charge on any atom is 0.119 e. The van der Waals surface area contributed by atoms with Gasteiger partial charge in [-0.25, -0.2) is 0 Å². The summed E-state index contributed by atoms with van der Waals surface area (Å²) in [5.41, 5.74) is 1.30. The average molecular weight is 278 g/mol. The zero-order valence-corrected chi connectivity index (χ0v) is 13.6. The van der Waals surface area contributed by atoms with Gasteiger partial charge in [-0.2, -0.15) is 0 Å². The third kappa shape index (κ3) is 5.14. The predicted molar refractivity (Wildman–Crippen MR) is 86.3 cm³/mol. The molecular formula is C17H30N2O. The Balaban J connectivity index is 2.60. The van der Waals surface area contributed by atoms with E-state index >= 15 is 0 Å². The monoisotopic (exact) mass is 278 g/mol. The van der Waals surface area contributed by atoms with Crippen LogP contribution in [0.25, 0.3) is 0 Å². The highest BCUT2D eigenvalue weighted by Crippen LogP contribution is 2.16. The van der Waals surface area contributed by atoms with Gasteiger partial charge in [-0.15, -0.1) is 0 Å². The van der Waals surface area contributed by atoms with E-state index in [9.17, 15) is 0 Å². The number of hydrogen-bond acceptors (Lipinski definition) is 3. The fraction of sp³-hybridized carbons (Fsp3) is 0.647. The van der Waals surface area contributed by atoms with Crippen LogP contribution in [0, 0.1) is 0 Å². The van der Waals surface area contributed by atoms with Gasteiger partial charge in [-0.1, -0.05) is 26.0 Å². The van der Waals surface area contributed by atoms with Crippen LogP contribution in [-0.2, 0) is 6.54 Å². The summed E-state index contributed by atoms with van der Waals surface area (Å²) in [5, 5.41) is 3.64. The van der Waals surface area contributed by atoms with Gasteiger partial charge in [0.2, 0.25) is 0 Å². The zero-order chi connectivity index (χ0) is 15.0. The lowest BCUT2D eigenvalue weighted by atomic mass is 10.0. The first-order valence-corrected chi connectivity index (χ1v) is 7.68. The van der Waals surface area contributed by atoms with E-state index in [1.54, 1.807) is 7.11 Å². The molecule has 0 heterocycles. The second-order valence-electron chi connectivity index (χ2n) is 5.48. The number of ether oxygens (including phenoxy) is 1. The Hall–Kier alpha value is -1.06. The van der Waals surface area contributed by atoms with Crippen molar-refractivity contribution in [1.29, 1.82) is 0 Å². The largest absolute Gasteiger partial charge is 0.497 e. The van der Waals surface area contributed by atoms with E-state index in [0.29, 0.717) is 12.1 Å². The quantitative estimate of drug-likeness (QED) is 0.750. The maximum atomic E-state index is 5.29. The molecule has 1 aromatic rings. The summed E-state index contributed by atoms with van der Waals surface area (Å²) in [5.74, 6) is 0.930. The van der Waals surface area contributed by atoms with E-state index in [-0.39, 0.29) is 0 Å². The fourth-order valence-corrected chi connectivity index (χ4v) is 2.50. The first-order chi connectivity index (χ1) is 9.62. The van der Waals surface area contributed by atoms with Crippen molar-refractivity contribution in [3.63, 3.8) is 0 Å². The first kappa shape index (κ1) is 17.0. The number of likely N-dealkylation sites (N-methyl/N-ethyl adjacent to an activating group) is 1.